The Kier molecular flexibility index (Phi) is 8.07. The average Bonchev–Trinajstić information content (AvgIpc) is 3.46. The highest BCUT2D eigenvalue weighted by Crippen LogP contribution is 2.34. The van der Waals surface area contributed by atoms with E-state index in [1.54, 1.807) is 12.1 Å². The van der Waals surface area contributed by atoms with Gasteiger partial charge >= 0.3 is 0 Å². The number of ether oxygens (including phenoxy) is 3. The van der Waals surface area contributed by atoms with Crippen LogP contribution in [0.3, 0.4) is 0 Å². The molecule has 38 heavy (non-hydrogen) atoms. The molecule has 4 rings (SSSR count). The van der Waals surface area contributed by atoms with Crippen molar-refractivity contribution in [3.63, 3.8) is 0 Å². The Morgan fingerprint density at radius 3 is 2.47 bits per heavy atom. The number of hydrogen-bond acceptors (Lipinski definition) is 9. The normalized spacial score (nSPS) is 13.4. The molecule has 0 fully saturated rings. The van der Waals surface area contributed by atoms with Crippen molar-refractivity contribution in [1.29, 1.82) is 0 Å². The summed E-state index contributed by atoms with van der Waals surface area (Å²) in [6.45, 7) is 8.18. The van der Waals surface area contributed by atoms with Gasteiger partial charge in [0.15, 0.2) is 11.4 Å². The van der Waals surface area contributed by atoms with Gasteiger partial charge in [0.25, 0.3) is 11.9 Å². The Hall–Kier alpha value is -3.83. The summed E-state index contributed by atoms with van der Waals surface area (Å²) < 4.78 is 22.6. The molecular weight excluding hydrogens is 502 g/mol. The van der Waals surface area contributed by atoms with Crippen molar-refractivity contribution in [3.05, 3.63) is 46.9 Å². The molecule has 3 heterocycles. The predicted octanol–water partition coefficient (Wildman–Crippen LogP) is 4.28. The van der Waals surface area contributed by atoms with Gasteiger partial charge in [-0.25, -0.2) is 0 Å². The van der Waals surface area contributed by atoms with Gasteiger partial charge in [-0.3, -0.25) is 4.79 Å². The SMILES string of the molecule is COc1nc(NCCCN(C)C)nc(OC)c1NC(=O)c1ccc(Oc2cc3c(cc2C)C=C[Si]3(C)C)o1. The summed E-state index contributed by atoms with van der Waals surface area (Å²) in [6, 6.07) is 7.38. The minimum atomic E-state index is -1.62. The number of anilines is 2. The summed E-state index contributed by atoms with van der Waals surface area (Å²) in [4.78, 5) is 23.9. The van der Waals surface area contributed by atoms with Crippen LogP contribution < -0.4 is 30.0 Å². The zero-order valence-corrected chi connectivity index (χ0v) is 24.0. The first-order valence-corrected chi connectivity index (χ1v) is 15.5. The fraction of sp³-hybridized carbons (Fsp3) is 0.370. The molecule has 11 heteroatoms. The van der Waals surface area contributed by atoms with E-state index in [1.165, 1.54) is 25.0 Å². The summed E-state index contributed by atoms with van der Waals surface area (Å²) >= 11 is 0. The van der Waals surface area contributed by atoms with E-state index in [0.29, 0.717) is 18.2 Å². The molecule has 2 aromatic heterocycles. The standard InChI is InChI=1S/C27H35N5O5Si/c1-17-15-18-11-14-38(6,7)21(18)16-20(17)37-22-10-9-19(36-22)24(33)29-23-25(34-4)30-27(31-26(23)35-5)28-12-8-13-32(2)3/h9-11,14-16H,8,12-13H2,1-7H3,(H,29,33)(H,28,30,31). The number of benzene rings is 1. The van der Waals surface area contributed by atoms with Crippen LogP contribution in [0.5, 0.6) is 23.5 Å². The van der Waals surface area contributed by atoms with Crippen molar-refractivity contribution in [1.82, 2.24) is 14.9 Å². The van der Waals surface area contributed by atoms with E-state index in [0.717, 1.165) is 18.5 Å². The number of fused-ring (bicyclic) bond motifs is 1. The molecule has 2 N–H and O–H groups in total. The second-order valence-corrected chi connectivity index (χ2v) is 14.3. The number of nitrogens with one attached hydrogen (secondary N) is 2. The Balaban J connectivity index is 1.47. The summed E-state index contributed by atoms with van der Waals surface area (Å²) in [7, 11) is 5.34. The molecule has 1 aliphatic heterocycles. The Morgan fingerprint density at radius 1 is 1.11 bits per heavy atom. The van der Waals surface area contributed by atoms with Crippen LogP contribution >= 0.6 is 0 Å². The van der Waals surface area contributed by atoms with E-state index in [-0.39, 0.29) is 29.2 Å². The smallest absolute Gasteiger partial charge is 0.291 e. The second-order valence-electron chi connectivity index (χ2n) is 9.96. The largest absolute Gasteiger partial charge is 0.479 e. The van der Waals surface area contributed by atoms with Crippen LogP contribution in [0.1, 0.15) is 28.1 Å². The highest BCUT2D eigenvalue weighted by molar-refractivity contribution is 6.96. The fourth-order valence-corrected chi connectivity index (χ4v) is 6.36. The fourth-order valence-electron chi connectivity index (χ4n) is 4.18. The molecule has 0 unspecified atom stereocenters. The van der Waals surface area contributed by atoms with Gasteiger partial charge in [0.05, 0.1) is 14.2 Å². The maximum Gasteiger partial charge on any atom is 0.291 e. The topological polar surface area (TPSA) is 111 Å². The maximum atomic E-state index is 13.0. The van der Waals surface area contributed by atoms with Crippen LogP contribution in [-0.4, -0.2) is 70.3 Å². The van der Waals surface area contributed by atoms with E-state index in [1.807, 2.05) is 21.0 Å². The number of methoxy groups -OCH3 is 2. The third kappa shape index (κ3) is 6.00. The monoisotopic (exact) mass is 537 g/mol. The molecule has 0 radical (unpaired) electrons. The lowest BCUT2D eigenvalue weighted by atomic mass is 10.1. The van der Waals surface area contributed by atoms with Crippen molar-refractivity contribution >= 4 is 36.9 Å². The molecule has 1 amide bonds. The molecule has 0 bridgehead atoms. The third-order valence-corrected chi connectivity index (χ3v) is 9.09. The number of furan rings is 1. The van der Waals surface area contributed by atoms with Gasteiger partial charge in [0.2, 0.25) is 17.7 Å². The van der Waals surface area contributed by atoms with Gasteiger partial charge in [-0.15, -0.1) is 0 Å². The van der Waals surface area contributed by atoms with Crippen LogP contribution in [-0.2, 0) is 0 Å². The van der Waals surface area contributed by atoms with E-state index in [9.17, 15) is 4.79 Å². The van der Waals surface area contributed by atoms with E-state index < -0.39 is 14.0 Å². The van der Waals surface area contributed by atoms with Gasteiger partial charge in [-0.05, 0) is 68.5 Å². The van der Waals surface area contributed by atoms with Crippen LogP contribution in [0, 0.1) is 6.92 Å². The molecule has 1 aliphatic rings. The second kappa shape index (κ2) is 11.3. The highest BCUT2D eigenvalue weighted by Gasteiger charge is 2.28. The molecule has 10 nitrogen and oxygen atoms in total. The quantitative estimate of drug-likeness (QED) is 0.273. The first-order chi connectivity index (χ1) is 18.1. The molecule has 0 saturated heterocycles. The predicted molar refractivity (Wildman–Crippen MR) is 151 cm³/mol. The zero-order valence-electron chi connectivity index (χ0n) is 23.0. The zero-order chi connectivity index (χ0) is 27.4. The first-order valence-electron chi connectivity index (χ1n) is 12.4. The maximum absolute atomic E-state index is 13.0. The average molecular weight is 538 g/mol. The number of aromatic nitrogens is 2. The van der Waals surface area contributed by atoms with Gasteiger partial charge in [-0.2, -0.15) is 9.97 Å². The van der Waals surface area contributed by atoms with Crippen LogP contribution in [0.4, 0.5) is 11.6 Å². The van der Waals surface area contributed by atoms with E-state index >= 15 is 0 Å². The number of aryl methyl sites for hydroxylation is 1. The summed E-state index contributed by atoms with van der Waals surface area (Å²) in [5.74, 6) is 1.14. The Bertz CT molecular complexity index is 1330. The first kappa shape index (κ1) is 27.2. The summed E-state index contributed by atoms with van der Waals surface area (Å²) in [5.41, 5.74) is 4.75. The van der Waals surface area contributed by atoms with Gasteiger partial charge in [0.1, 0.15) is 13.8 Å². The lowest BCUT2D eigenvalue weighted by Gasteiger charge is -2.17. The molecule has 202 valence electrons. The molecule has 0 saturated carbocycles. The number of carbonyl (C=O) groups is 1. The molecule has 0 aliphatic carbocycles. The highest BCUT2D eigenvalue weighted by atomic mass is 28.3. The molecular formula is C27H35N5O5Si. The van der Waals surface area contributed by atoms with Gasteiger partial charge in [-0.1, -0.05) is 24.9 Å². The number of rotatable bonds is 11. The molecule has 0 spiro atoms. The van der Waals surface area contributed by atoms with Crippen LogP contribution in [0.15, 0.2) is 34.4 Å². The van der Waals surface area contributed by atoms with Gasteiger partial charge in [0, 0.05) is 12.6 Å². The van der Waals surface area contributed by atoms with Crippen molar-refractivity contribution in [2.75, 3.05) is 52.0 Å². The molecule has 1 aromatic carbocycles. The summed E-state index contributed by atoms with van der Waals surface area (Å²) in [5, 5.41) is 7.21. The lowest BCUT2D eigenvalue weighted by molar-refractivity contribution is 0.0990. The van der Waals surface area contributed by atoms with E-state index in [2.05, 4.69) is 62.5 Å². The number of amides is 1. The molecule has 3 aromatic rings. The Morgan fingerprint density at radius 2 is 1.82 bits per heavy atom. The van der Waals surface area contributed by atoms with Crippen LogP contribution in [0.25, 0.3) is 6.08 Å². The minimum Gasteiger partial charge on any atom is -0.479 e. The van der Waals surface area contributed by atoms with Gasteiger partial charge < -0.3 is 34.2 Å². The van der Waals surface area contributed by atoms with Crippen molar-refractivity contribution in [2.45, 2.75) is 26.4 Å². The minimum absolute atomic E-state index is 0.0603. The lowest BCUT2D eigenvalue weighted by Crippen LogP contribution is -2.37. The third-order valence-electron chi connectivity index (χ3n) is 6.27. The molecule has 0 atom stereocenters. The summed E-state index contributed by atoms with van der Waals surface area (Å²) in [6.07, 6.45) is 3.09. The number of nitrogens with zero attached hydrogens (tertiary/aromatic N) is 3. The van der Waals surface area contributed by atoms with Crippen molar-refractivity contribution in [3.8, 4) is 23.5 Å². The van der Waals surface area contributed by atoms with E-state index in [4.69, 9.17) is 18.6 Å². The number of carbonyl (C=O) groups excluding carboxylic acids is 1. The Labute approximate surface area is 224 Å². The van der Waals surface area contributed by atoms with Crippen molar-refractivity contribution < 1.29 is 23.4 Å². The van der Waals surface area contributed by atoms with Crippen molar-refractivity contribution in [2.24, 2.45) is 0 Å². The van der Waals surface area contributed by atoms with Crippen LogP contribution in [0.2, 0.25) is 13.1 Å². The number of hydrogen-bond donors (Lipinski definition) is 2.